The Morgan fingerprint density at radius 1 is 1.45 bits per heavy atom. The van der Waals surface area contributed by atoms with E-state index < -0.39 is 15.8 Å². The minimum Gasteiger partial charge on any atom is -0.380 e. The number of sulfonamides is 1. The van der Waals surface area contributed by atoms with E-state index in [1.165, 1.54) is 13.2 Å². The Balaban J connectivity index is 3.06. The number of nitrogens with one attached hydrogen (secondary N) is 2. The Labute approximate surface area is 123 Å². The monoisotopic (exact) mass is 324 g/mol. The normalized spacial score (nSPS) is 13.4. The third-order valence-corrected chi connectivity index (χ3v) is 4.54. The molecular weight excluding hydrogens is 307 g/mol. The Hall–Kier alpha value is -0.730. The van der Waals surface area contributed by atoms with E-state index in [1.54, 1.807) is 14.0 Å². The van der Waals surface area contributed by atoms with E-state index in [2.05, 4.69) is 10.0 Å². The Bertz CT molecular complexity index is 566. The van der Waals surface area contributed by atoms with Gasteiger partial charge in [0.2, 0.25) is 10.0 Å². The molecule has 1 unspecified atom stereocenters. The van der Waals surface area contributed by atoms with Crippen molar-refractivity contribution >= 4 is 21.6 Å². The van der Waals surface area contributed by atoms with E-state index in [4.69, 9.17) is 16.3 Å². The first-order valence-electron chi connectivity index (χ1n) is 5.96. The molecule has 0 aliphatic heterocycles. The van der Waals surface area contributed by atoms with Crippen molar-refractivity contribution in [3.8, 4) is 0 Å². The average molecular weight is 325 g/mol. The molecule has 1 aromatic carbocycles. The summed E-state index contributed by atoms with van der Waals surface area (Å²) < 4.78 is 45.1. The van der Waals surface area contributed by atoms with Crippen LogP contribution in [-0.2, 0) is 21.3 Å². The summed E-state index contributed by atoms with van der Waals surface area (Å²) in [5, 5.41) is 2.72. The zero-order valence-electron chi connectivity index (χ0n) is 11.5. The average Bonchev–Trinajstić information content (AvgIpc) is 2.41. The number of rotatable bonds is 7. The zero-order valence-corrected chi connectivity index (χ0v) is 13.1. The maximum Gasteiger partial charge on any atom is 0.240 e. The first kappa shape index (κ1) is 17.3. The van der Waals surface area contributed by atoms with Crippen molar-refractivity contribution < 1.29 is 17.5 Å². The van der Waals surface area contributed by atoms with Gasteiger partial charge in [0, 0.05) is 20.2 Å². The Kier molecular flexibility index (Phi) is 6.35. The lowest BCUT2D eigenvalue weighted by Crippen LogP contribution is -2.31. The van der Waals surface area contributed by atoms with Gasteiger partial charge in [-0.25, -0.2) is 17.5 Å². The predicted molar refractivity (Wildman–Crippen MR) is 75.8 cm³/mol. The summed E-state index contributed by atoms with van der Waals surface area (Å²) >= 11 is 5.79. The van der Waals surface area contributed by atoms with Crippen LogP contribution in [0.25, 0.3) is 0 Å². The first-order valence-corrected chi connectivity index (χ1v) is 7.83. The van der Waals surface area contributed by atoms with Gasteiger partial charge in [0.1, 0.15) is 5.82 Å². The number of halogens is 2. The lowest BCUT2D eigenvalue weighted by atomic mass is 10.2. The summed E-state index contributed by atoms with van der Waals surface area (Å²) in [6, 6.07) is 2.25. The van der Waals surface area contributed by atoms with Gasteiger partial charge < -0.3 is 10.1 Å². The van der Waals surface area contributed by atoms with E-state index >= 15 is 0 Å². The fourth-order valence-electron chi connectivity index (χ4n) is 1.49. The molecule has 1 atom stereocenters. The molecule has 0 spiro atoms. The molecule has 0 heterocycles. The number of hydrogen-bond acceptors (Lipinski definition) is 4. The molecule has 0 saturated carbocycles. The summed E-state index contributed by atoms with van der Waals surface area (Å²) in [6.45, 7) is 2.09. The molecule has 8 heteroatoms. The minimum absolute atomic E-state index is 0.0800. The quantitative estimate of drug-likeness (QED) is 0.798. The summed E-state index contributed by atoms with van der Waals surface area (Å²) in [6.07, 6.45) is -0.279. The molecule has 114 valence electrons. The number of methoxy groups -OCH3 is 1. The molecule has 1 rings (SSSR count). The second-order valence-electron chi connectivity index (χ2n) is 4.31. The molecular formula is C12H18ClFN2O3S. The molecule has 0 aromatic heterocycles. The van der Waals surface area contributed by atoms with Crippen LogP contribution in [0.4, 0.5) is 4.39 Å². The molecule has 20 heavy (non-hydrogen) atoms. The van der Waals surface area contributed by atoms with Crippen LogP contribution in [-0.4, -0.2) is 35.2 Å². The molecule has 0 amide bonds. The SMILES string of the molecule is CNCc1cc(S(=O)(=O)NCC(C)OC)cc(F)c1Cl. The predicted octanol–water partition coefficient (Wildman–Crippen LogP) is 1.51. The summed E-state index contributed by atoms with van der Waals surface area (Å²) in [4.78, 5) is -0.159. The van der Waals surface area contributed by atoms with Crippen LogP contribution in [0.3, 0.4) is 0 Å². The maximum atomic E-state index is 13.7. The van der Waals surface area contributed by atoms with Gasteiger partial charge in [-0.2, -0.15) is 0 Å². The van der Waals surface area contributed by atoms with Gasteiger partial charge in [-0.3, -0.25) is 0 Å². The summed E-state index contributed by atoms with van der Waals surface area (Å²) in [7, 11) is -0.663. The third-order valence-electron chi connectivity index (χ3n) is 2.72. The van der Waals surface area contributed by atoms with Crippen molar-refractivity contribution in [1.29, 1.82) is 0 Å². The van der Waals surface area contributed by atoms with Crippen molar-refractivity contribution in [2.75, 3.05) is 20.7 Å². The minimum atomic E-state index is -3.80. The molecule has 0 fully saturated rings. The Morgan fingerprint density at radius 2 is 2.10 bits per heavy atom. The second kappa shape index (κ2) is 7.33. The molecule has 2 N–H and O–H groups in total. The molecule has 5 nitrogen and oxygen atoms in total. The van der Waals surface area contributed by atoms with Gasteiger partial charge in [0.05, 0.1) is 16.0 Å². The van der Waals surface area contributed by atoms with Crippen LogP contribution in [0.15, 0.2) is 17.0 Å². The highest BCUT2D eigenvalue weighted by molar-refractivity contribution is 7.89. The zero-order chi connectivity index (χ0) is 15.3. The molecule has 1 aromatic rings. The maximum absolute atomic E-state index is 13.7. The highest BCUT2D eigenvalue weighted by Crippen LogP contribution is 2.24. The molecule has 0 aliphatic carbocycles. The second-order valence-corrected chi connectivity index (χ2v) is 6.45. The van der Waals surface area contributed by atoms with Gasteiger partial charge in [0.25, 0.3) is 0 Å². The third kappa shape index (κ3) is 4.39. The smallest absolute Gasteiger partial charge is 0.240 e. The van der Waals surface area contributed by atoms with E-state index in [0.717, 1.165) is 6.07 Å². The van der Waals surface area contributed by atoms with Gasteiger partial charge in [-0.1, -0.05) is 11.6 Å². The topological polar surface area (TPSA) is 67.4 Å². The van der Waals surface area contributed by atoms with Crippen LogP contribution >= 0.6 is 11.6 Å². The van der Waals surface area contributed by atoms with E-state index in [1.807, 2.05) is 0 Å². The molecule has 0 bridgehead atoms. The van der Waals surface area contributed by atoms with Crippen molar-refractivity contribution in [3.05, 3.63) is 28.5 Å². The largest absolute Gasteiger partial charge is 0.380 e. The lowest BCUT2D eigenvalue weighted by Gasteiger charge is -2.13. The van der Waals surface area contributed by atoms with Crippen molar-refractivity contribution in [1.82, 2.24) is 10.0 Å². The highest BCUT2D eigenvalue weighted by Gasteiger charge is 2.19. The lowest BCUT2D eigenvalue weighted by molar-refractivity contribution is 0.122. The van der Waals surface area contributed by atoms with Gasteiger partial charge in [-0.15, -0.1) is 0 Å². The molecule has 0 saturated heterocycles. The van der Waals surface area contributed by atoms with Gasteiger partial charge in [0.15, 0.2) is 0 Å². The van der Waals surface area contributed by atoms with E-state index in [9.17, 15) is 12.8 Å². The molecule has 0 aliphatic rings. The van der Waals surface area contributed by atoms with Crippen LogP contribution < -0.4 is 10.0 Å². The van der Waals surface area contributed by atoms with Crippen molar-refractivity contribution in [2.24, 2.45) is 0 Å². The van der Waals surface area contributed by atoms with E-state index in [0.29, 0.717) is 5.56 Å². The summed E-state index contributed by atoms with van der Waals surface area (Å²) in [5.74, 6) is -0.764. The fraction of sp³-hybridized carbons (Fsp3) is 0.500. The molecule has 0 radical (unpaired) electrons. The van der Waals surface area contributed by atoms with Crippen LogP contribution in [0.5, 0.6) is 0 Å². The van der Waals surface area contributed by atoms with Crippen LogP contribution in [0, 0.1) is 5.82 Å². The number of hydrogen-bond donors (Lipinski definition) is 2. The standard InChI is InChI=1S/C12H18ClFN2O3S/c1-8(19-3)6-16-20(17,18)10-4-9(7-15-2)12(13)11(14)5-10/h4-5,8,15-16H,6-7H2,1-3H3. The summed E-state index contributed by atoms with van der Waals surface area (Å²) in [5.41, 5.74) is 0.384. The van der Waals surface area contributed by atoms with Gasteiger partial charge >= 0.3 is 0 Å². The number of benzene rings is 1. The van der Waals surface area contributed by atoms with Crippen LogP contribution in [0.1, 0.15) is 12.5 Å². The van der Waals surface area contributed by atoms with Crippen molar-refractivity contribution in [3.63, 3.8) is 0 Å². The van der Waals surface area contributed by atoms with Crippen LogP contribution in [0.2, 0.25) is 5.02 Å². The Morgan fingerprint density at radius 3 is 2.65 bits per heavy atom. The number of ether oxygens (including phenoxy) is 1. The van der Waals surface area contributed by atoms with Gasteiger partial charge in [-0.05, 0) is 31.7 Å². The highest BCUT2D eigenvalue weighted by atomic mass is 35.5. The first-order chi connectivity index (χ1) is 9.31. The fourth-order valence-corrected chi connectivity index (χ4v) is 2.84. The van der Waals surface area contributed by atoms with Crippen molar-refractivity contribution in [2.45, 2.75) is 24.5 Å². The van der Waals surface area contributed by atoms with E-state index in [-0.39, 0.29) is 29.1 Å².